The molecule has 29 heavy (non-hydrogen) atoms. The average Bonchev–Trinajstić information content (AvgIpc) is 3.24. The van der Waals surface area contributed by atoms with Gasteiger partial charge in [0.05, 0.1) is 12.0 Å². The third kappa shape index (κ3) is 4.24. The lowest BCUT2D eigenvalue weighted by Gasteiger charge is -2.13. The monoisotopic (exact) mass is 382 g/mol. The van der Waals surface area contributed by atoms with Gasteiger partial charge >= 0.3 is 0 Å². The number of nitrogens with one attached hydrogen (secondary N) is 1. The molecule has 4 rings (SSSR count). The fourth-order valence-corrected chi connectivity index (χ4v) is 3.16. The number of amides is 1. The second-order valence-electron chi connectivity index (χ2n) is 7.00. The third-order valence-electron chi connectivity index (χ3n) is 4.88. The predicted octanol–water partition coefficient (Wildman–Crippen LogP) is 5.12. The Morgan fingerprint density at radius 3 is 2.41 bits per heavy atom. The van der Waals surface area contributed by atoms with Gasteiger partial charge in [0.15, 0.2) is 0 Å². The molecule has 2 heterocycles. The van der Waals surface area contributed by atoms with Gasteiger partial charge in [-0.05, 0) is 49.2 Å². The highest BCUT2D eigenvalue weighted by Crippen LogP contribution is 2.23. The maximum Gasteiger partial charge on any atom is 0.247 e. The number of benzene rings is 2. The van der Waals surface area contributed by atoms with Crippen molar-refractivity contribution in [3.8, 4) is 22.4 Å². The molecule has 144 valence electrons. The number of carbonyl (C=O) groups is 1. The standard InChI is InChI=1S/C24H22N4O/c1-17-14-21(12-13-25-17)19-8-10-22(11-9-19)27-24(29)18(2)28-15-23(26-16-28)20-6-4-3-5-7-20/h3-16,18H,1-2H3,(H,27,29)/t18-/m1/s1. The molecule has 1 amide bonds. The first-order valence-electron chi connectivity index (χ1n) is 9.53. The van der Waals surface area contributed by atoms with Crippen LogP contribution in [0.5, 0.6) is 0 Å². The zero-order valence-corrected chi connectivity index (χ0v) is 16.4. The first-order chi connectivity index (χ1) is 14.1. The number of nitrogens with zero attached hydrogens (tertiary/aromatic N) is 3. The molecule has 0 aliphatic carbocycles. The van der Waals surface area contributed by atoms with Crippen LogP contribution >= 0.6 is 0 Å². The van der Waals surface area contributed by atoms with E-state index in [4.69, 9.17) is 0 Å². The Balaban J connectivity index is 1.44. The van der Waals surface area contributed by atoms with E-state index in [2.05, 4.69) is 15.3 Å². The van der Waals surface area contributed by atoms with Crippen LogP contribution in [0.3, 0.4) is 0 Å². The van der Waals surface area contributed by atoms with Crippen LogP contribution < -0.4 is 5.32 Å². The lowest BCUT2D eigenvalue weighted by molar-refractivity contribution is -0.118. The van der Waals surface area contributed by atoms with Crippen molar-refractivity contribution in [1.29, 1.82) is 0 Å². The lowest BCUT2D eigenvalue weighted by atomic mass is 10.1. The summed E-state index contributed by atoms with van der Waals surface area (Å²) in [5.41, 5.74) is 5.81. The zero-order valence-electron chi connectivity index (χ0n) is 16.4. The van der Waals surface area contributed by atoms with Crippen LogP contribution in [-0.2, 0) is 4.79 Å². The molecule has 0 unspecified atom stereocenters. The molecule has 5 nitrogen and oxygen atoms in total. The molecule has 0 aliphatic heterocycles. The molecule has 0 spiro atoms. The highest BCUT2D eigenvalue weighted by Gasteiger charge is 2.16. The van der Waals surface area contributed by atoms with Crippen molar-refractivity contribution in [3.63, 3.8) is 0 Å². The minimum absolute atomic E-state index is 0.0884. The van der Waals surface area contributed by atoms with Gasteiger partial charge in [-0.15, -0.1) is 0 Å². The number of hydrogen-bond acceptors (Lipinski definition) is 3. The van der Waals surface area contributed by atoms with E-state index < -0.39 is 0 Å². The summed E-state index contributed by atoms with van der Waals surface area (Å²) in [5.74, 6) is -0.0884. The van der Waals surface area contributed by atoms with E-state index in [0.29, 0.717) is 0 Å². The summed E-state index contributed by atoms with van der Waals surface area (Å²) in [6.07, 6.45) is 5.40. The number of anilines is 1. The van der Waals surface area contributed by atoms with E-state index in [0.717, 1.165) is 33.8 Å². The maximum atomic E-state index is 12.7. The second kappa shape index (κ2) is 8.10. The molecule has 5 heteroatoms. The number of carbonyl (C=O) groups excluding carboxylic acids is 1. The quantitative estimate of drug-likeness (QED) is 0.521. The van der Waals surface area contributed by atoms with Crippen molar-refractivity contribution in [1.82, 2.24) is 14.5 Å². The van der Waals surface area contributed by atoms with E-state index >= 15 is 0 Å². The predicted molar refractivity (Wildman–Crippen MR) is 115 cm³/mol. The highest BCUT2D eigenvalue weighted by atomic mass is 16.2. The van der Waals surface area contributed by atoms with Crippen LogP contribution in [0.15, 0.2) is 85.5 Å². The normalized spacial score (nSPS) is 11.8. The molecule has 1 atom stereocenters. The topological polar surface area (TPSA) is 59.8 Å². The van der Waals surface area contributed by atoms with Gasteiger partial charge in [-0.25, -0.2) is 4.98 Å². The Kier molecular flexibility index (Phi) is 5.20. The molecular formula is C24H22N4O. The lowest BCUT2D eigenvalue weighted by Crippen LogP contribution is -2.22. The Labute approximate surface area is 170 Å². The average molecular weight is 382 g/mol. The number of imidazole rings is 1. The van der Waals surface area contributed by atoms with Gasteiger partial charge in [-0.3, -0.25) is 9.78 Å². The van der Waals surface area contributed by atoms with Crippen LogP contribution in [0, 0.1) is 6.92 Å². The van der Waals surface area contributed by atoms with Gasteiger partial charge in [-0.1, -0.05) is 42.5 Å². The van der Waals surface area contributed by atoms with Crippen molar-refractivity contribution >= 4 is 11.6 Å². The summed E-state index contributed by atoms with van der Waals surface area (Å²) in [6.45, 7) is 3.83. The first-order valence-corrected chi connectivity index (χ1v) is 9.53. The van der Waals surface area contributed by atoms with Gasteiger partial charge in [0, 0.05) is 29.3 Å². The fourth-order valence-electron chi connectivity index (χ4n) is 3.16. The van der Waals surface area contributed by atoms with Crippen molar-refractivity contribution in [2.75, 3.05) is 5.32 Å². The van der Waals surface area contributed by atoms with Gasteiger partial charge in [0.2, 0.25) is 5.91 Å². The van der Waals surface area contributed by atoms with E-state index in [9.17, 15) is 4.79 Å². The molecule has 0 saturated heterocycles. The first kappa shape index (κ1) is 18.6. The van der Waals surface area contributed by atoms with Crippen molar-refractivity contribution < 1.29 is 4.79 Å². The summed E-state index contributed by atoms with van der Waals surface area (Å²) in [6, 6.07) is 21.4. The molecule has 4 aromatic rings. The Morgan fingerprint density at radius 1 is 0.931 bits per heavy atom. The SMILES string of the molecule is Cc1cc(-c2ccc(NC(=O)[C@@H](C)n3cnc(-c4ccccc4)c3)cc2)ccn1. The molecule has 1 N–H and O–H groups in total. The summed E-state index contributed by atoms with van der Waals surface area (Å²) >= 11 is 0. The molecule has 0 fully saturated rings. The van der Waals surface area contributed by atoms with Crippen molar-refractivity contribution in [2.45, 2.75) is 19.9 Å². The van der Waals surface area contributed by atoms with Gasteiger partial charge in [0.1, 0.15) is 6.04 Å². The molecule has 0 aliphatic rings. The largest absolute Gasteiger partial charge is 0.325 e. The number of aryl methyl sites for hydroxylation is 1. The highest BCUT2D eigenvalue weighted by molar-refractivity contribution is 5.93. The fraction of sp³-hybridized carbons (Fsp3) is 0.125. The summed E-state index contributed by atoms with van der Waals surface area (Å²) < 4.78 is 1.83. The minimum atomic E-state index is -0.373. The van der Waals surface area contributed by atoms with Crippen LogP contribution in [0.2, 0.25) is 0 Å². The Bertz CT molecular complexity index is 1120. The molecule has 0 radical (unpaired) electrons. The molecule has 0 bridgehead atoms. The third-order valence-corrected chi connectivity index (χ3v) is 4.88. The molecule has 0 saturated carbocycles. The van der Waals surface area contributed by atoms with E-state index in [1.54, 1.807) is 12.5 Å². The Hall–Kier alpha value is -3.73. The second-order valence-corrected chi connectivity index (χ2v) is 7.00. The molecule has 2 aromatic carbocycles. The van der Waals surface area contributed by atoms with E-state index in [1.165, 1.54) is 0 Å². The molecular weight excluding hydrogens is 360 g/mol. The van der Waals surface area contributed by atoms with Gasteiger partial charge in [-0.2, -0.15) is 0 Å². The summed E-state index contributed by atoms with van der Waals surface area (Å²) in [4.78, 5) is 21.3. The van der Waals surface area contributed by atoms with E-state index in [1.807, 2.05) is 91.3 Å². The van der Waals surface area contributed by atoms with Crippen molar-refractivity contribution in [2.24, 2.45) is 0 Å². The van der Waals surface area contributed by atoms with Crippen molar-refractivity contribution in [3.05, 3.63) is 91.1 Å². The van der Waals surface area contributed by atoms with Crippen LogP contribution in [0.4, 0.5) is 5.69 Å². The van der Waals surface area contributed by atoms with Gasteiger partial charge < -0.3 is 9.88 Å². The van der Waals surface area contributed by atoms with Crippen LogP contribution in [-0.4, -0.2) is 20.4 Å². The number of aromatic nitrogens is 3. The van der Waals surface area contributed by atoms with Crippen LogP contribution in [0.1, 0.15) is 18.7 Å². The molecule has 2 aromatic heterocycles. The summed E-state index contributed by atoms with van der Waals surface area (Å²) in [5, 5.41) is 2.98. The zero-order chi connectivity index (χ0) is 20.2. The number of rotatable bonds is 5. The van der Waals surface area contributed by atoms with E-state index in [-0.39, 0.29) is 11.9 Å². The summed E-state index contributed by atoms with van der Waals surface area (Å²) in [7, 11) is 0. The smallest absolute Gasteiger partial charge is 0.247 e. The number of pyridine rings is 1. The maximum absolute atomic E-state index is 12.7. The number of hydrogen-bond donors (Lipinski definition) is 1. The van der Waals surface area contributed by atoms with Gasteiger partial charge in [0.25, 0.3) is 0 Å². The van der Waals surface area contributed by atoms with Crippen LogP contribution in [0.25, 0.3) is 22.4 Å². The minimum Gasteiger partial charge on any atom is -0.325 e. The Morgan fingerprint density at radius 2 is 1.69 bits per heavy atom.